The largest absolute Gasteiger partial charge is 0.383 e. The van der Waals surface area contributed by atoms with Crippen LogP contribution in [0.1, 0.15) is 12.0 Å². The summed E-state index contributed by atoms with van der Waals surface area (Å²) in [4.78, 5) is 21.6. The van der Waals surface area contributed by atoms with E-state index in [1.165, 1.54) is 20.1 Å². The van der Waals surface area contributed by atoms with Crippen LogP contribution in [-0.2, 0) is 9.53 Å². The summed E-state index contributed by atoms with van der Waals surface area (Å²) in [5, 5.41) is 16.3. The molecule has 0 aliphatic heterocycles. The second-order valence-corrected chi connectivity index (χ2v) is 4.40. The Kier molecular flexibility index (Phi) is 6.54. The van der Waals surface area contributed by atoms with Crippen LogP contribution in [0.5, 0.6) is 0 Å². The van der Waals surface area contributed by atoms with Gasteiger partial charge in [-0.15, -0.1) is 0 Å². The molecule has 1 rings (SSSR count). The quantitative estimate of drug-likeness (QED) is 0.432. The van der Waals surface area contributed by atoms with Gasteiger partial charge in [0.25, 0.3) is 5.69 Å². The summed E-state index contributed by atoms with van der Waals surface area (Å²) in [6.45, 7) is 2.55. The smallest absolute Gasteiger partial charge is 0.295 e. The Morgan fingerprint density at radius 1 is 1.43 bits per heavy atom. The zero-order valence-electron chi connectivity index (χ0n) is 11.9. The summed E-state index contributed by atoms with van der Waals surface area (Å²) in [6.07, 6.45) is 0.150. The number of rotatable bonds is 8. The molecule has 0 aliphatic rings. The lowest BCUT2D eigenvalue weighted by Crippen LogP contribution is -2.28. The summed E-state index contributed by atoms with van der Waals surface area (Å²) in [5.41, 5.74) is 0.147. The van der Waals surface area contributed by atoms with Gasteiger partial charge in [-0.2, -0.15) is 0 Å². The fraction of sp³-hybridized carbons (Fsp3) is 0.462. The lowest BCUT2D eigenvalue weighted by molar-refractivity contribution is -0.384. The molecule has 0 saturated carbocycles. The van der Waals surface area contributed by atoms with Gasteiger partial charge in [0.1, 0.15) is 11.5 Å². The van der Waals surface area contributed by atoms with Gasteiger partial charge in [0.15, 0.2) is 0 Å². The Bertz CT molecular complexity index is 522. The van der Waals surface area contributed by atoms with E-state index in [4.69, 9.17) is 4.74 Å². The number of hydrogen-bond donors (Lipinski definition) is 2. The molecule has 116 valence electrons. The van der Waals surface area contributed by atoms with E-state index in [2.05, 4.69) is 10.6 Å². The summed E-state index contributed by atoms with van der Waals surface area (Å²) in [7, 11) is 1.53. The molecule has 0 bridgehead atoms. The molecule has 0 aliphatic carbocycles. The monoisotopic (exact) mass is 299 g/mol. The fourth-order valence-corrected chi connectivity index (χ4v) is 1.66. The Labute approximate surface area is 121 Å². The molecule has 8 heteroatoms. The summed E-state index contributed by atoms with van der Waals surface area (Å²) in [5.74, 6) is -0.828. The molecule has 0 spiro atoms. The highest BCUT2D eigenvalue weighted by molar-refractivity contribution is 5.76. The van der Waals surface area contributed by atoms with Crippen molar-refractivity contribution < 1.29 is 18.8 Å². The first-order valence-electron chi connectivity index (χ1n) is 6.39. The molecule has 0 heterocycles. The number of nitrogens with one attached hydrogen (secondary N) is 2. The molecule has 1 aromatic rings. The number of carbonyl (C=O) groups excluding carboxylic acids is 1. The average molecular weight is 299 g/mol. The number of methoxy groups -OCH3 is 1. The van der Waals surface area contributed by atoms with Gasteiger partial charge in [0.2, 0.25) is 5.91 Å². The third kappa shape index (κ3) is 5.35. The third-order valence-electron chi connectivity index (χ3n) is 2.77. The Hall–Kier alpha value is -2.22. The number of carbonyl (C=O) groups is 1. The van der Waals surface area contributed by atoms with Gasteiger partial charge in [0.05, 0.1) is 17.6 Å². The molecule has 1 aromatic carbocycles. The molecule has 0 aromatic heterocycles. The minimum atomic E-state index is -0.663. The maximum Gasteiger partial charge on any atom is 0.295 e. The van der Waals surface area contributed by atoms with E-state index in [-0.39, 0.29) is 30.2 Å². The van der Waals surface area contributed by atoms with E-state index in [1.54, 1.807) is 0 Å². The van der Waals surface area contributed by atoms with Gasteiger partial charge in [-0.05, 0) is 18.6 Å². The van der Waals surface area contributed by atoms with Crippen molar-refractivity contribution in [1.82, 2.24) is 5.32 Å². The number of amides is 1. The van der Waals surface area contributed by atoms with Crippen molar-refractivity contribution in [3.05, 3.63) is 33.6 Å². The highest BCUT2D eigenvalue weighted by Crippen LogP contribution is 2.27. The van der Waals surface area contributed by atoms with Gasteiger partial charge in [0, 0.05) is 26.6 Å². The molecule has 1 amide bonds. The minimum absolute atomic E-state index is 0.150. The predicted octanol–water partition coefficient (Wildman–Crippen LogP) is 1.61. The van der Waals surface area contributed by atoms with Gasteiger partial charge in [-0.1, -0.05) is 0 Å². The van der Waals surface area contributed by atoms with E-state index >= 15 is 0 Å². The van der Waals surface area contributed by atoms with Crippen molar-refractivity contribution in [3.8, 4) is 0 Å². The van der Waals surface area contributed by atoms with Crippen molar-refractivity contribution in [2.45, 2.75) is 13.3 Å². The third-order valence-corrected chi connectivity index (χ3v) is 2.77. The summed E-state index contributed by atoms with van der Waals surface area (Å²) >= 11 is 0. The number of aryl methyl sites for hydroxylation is 1. The number of nitro groups is 1. The maximum atomic E-state index is 13.3. The van der Waals surface area contributed by atoms with Crippen molar-refractivity contribution in [2.24, 2.45) is 0 Å². The van der Waals surface area contributed by atoms with E-state index in [0.29, 0.717) is 18.7 Å². The van der Waals surface area contributed by atoms with E-state index in [1.807, 2.05) is 0 Å². The highest BCUT2D eigenvalue weighted by Gasteiger charge is 2.16. The molecular formula is C13H18FN3O4. The van der Waals surface area contributed by atoms with Crippen LogP contribution in [0.2, 0.25) is 0 Å². The molecule has 7 nitrogen and oxygen atoms in total. The van der Waals surface area contributed by atoms with Gasteiger partial charge < -0.3 is 15.4 Å². The van der Waals surface area contributed by atoms with Gasteiger partial charge in [-0.3, -0.25) is 14.9 Å². The van der Waals surface area contributed by atoms with Crippen LogP contribution in [-0.4, -0.2) is 37.6 Å². The Balaban J connectivity index is 2.57. The zero-order chi connectivity index (χ0) is 15.8. The Morgan fingerprint density at radius 2 is 2.14 bits per heavy atom. The van der Waals surface area contributed by atoms with Gasteiger partial charge in [-0.25, -0.2) is 4.39 Å². The van der Waals surface area contributed by atoms with Gasteiger partial charge >= 0.3 is 0 Å². The number of anilines is 1. The molecule has 21 heavy (non-hydrogen) atoms. The topological polar surface area (TPSA) is 93.5 Å². The lowest BCUT2D eigenvalue weighted by Gasteiger charge is -2.09. The van der Waals surface area contributed by atoms with E-state index < -0.39 is 10.7 Å². The van der Waals surface area contributed by atoms with Crippen LogP contribution >= 0.6 is 0 Å². The summed E-state index contributed by atoms with van der Waals surface area (Å²) < 4.78 is 18.1. The predicted molar refractivity (Wildman–Crippen MR) is 75.8 cm³/mol. The van der Waals surface area contributed by atoms with Crippen LogP contribution in [0.4, 0.5) is 15.8 Å². The van der Waals surface area contributed by atoms with E-state index in [9.17, 15) is 19.3 Å². The normalized spacial score (nSPS) is 10.2. The first-order valence-corrected chi connectivity index (χ1v) is 6.39. The number of nitro benzene ring substituents is 1. The molecular weight excluding hydrogens is 281 g/mol. The molecule has 0 saturated heterocycles. The standard InChI is InChI=1S/C13H18FN3O4/c1-9-7-11(12(17(19)20)8-10(9)14)15-4-3-13(18)16-5-6-21-2/h7-8,15H,3-6H2,1-2H3,(H,16,18). The number of benzene rings is 1. The van der Waals surface area contributed by atoms with Crippen LogP contribution in [0.25, 0.3) is 0 Å². The van der Waals surface area contributed by atoms with Crippen LogP contribution < -0.4 is 10.6 Å². The SMILES string of the molecule is COCCNC(=O)CCNc1cc(C)c(F)cc1[N+](=O)[O-]. The van der Waals surface area contributed by atoms with Crippen molar-refractivity contribution in [1.29, 1.82) is 0 Å². The molecule has 0 fully saturated rings. The Morgan fingerprint density at radius 3 is 2.76 bits per heavy atom. The zero-order valence-corrected chi connectivity index (χ0v) is 11.9. The van der Waals surface area contributed by atoms with Crippen molar-refractivity contribution >= 4 is 17.3 Å². The minimum Gasteiger partial charge on any atom is -0.383 e. The number of nitrogens with zero attached hydrogens (tertiary/aromatic N) is 1. The maximum absolute atomic E-state index is 13.3. The van der Waals surface area contributed by atoms with Crippen molar-refractivity contribution in [2.75, 3.05) is 32.1 Å². The van der Waals surface area contributed by atoms with Crippen molar-refractivity contribution in [3.63, 3.8) is 0 Å². The molecule has 0 radical (unpaired) electrons. The second-order valence-electron chi connectivity index (χ2n) is 4.40. The number of ether oxygens (including phenoxy) is 1. The number of hydrogen-bond acceptors (Lipinski definition) is 5. The van der Waals surface area contributed by atoms with Crippen LogP contribution in [0, 0.1) is 22.9 Å². The molecule has 2 N–H and O–H groups in total. The second kappa shape index (κ2) is 8.15. The fourth-order valence-electron chi connectivity index (χ4n) is 1.66. The molecule has 0 atom stereocenters. The molecule has 0 unspecified atom stereocenters. The first kappa shape index (κ1) is 16.8. The average Bonchev–Trinajstić information content (AvgIpc) is 2.42. The summed E-state index contributed by atoms with van der Waals surface area (Å²) in [6, 6.07) is 2.23. The number of halogens is 1. The first-order chi connectivity index (χ1) is 9.95. The highest BCUT2D eigenvalue weighted by atomic mass is 19.1. The van der Waals surface area contributed by atoms with Crippen LogP contribution in [0.15, 0.2) is 12.1 Å². The van der Waals surface area contributed by atoms with Crippen LogP contribution in [0.3, 0.4) is 0 Å². The lowest BCUT2D eigenvalue weighted by atomic mass is 10.1. The van der Waals surface area contributed by atoms with E-state index in [0.717, 1.165) is 6.07 Å².